The third kappa shape index (κ3) is 3.09. The summed E-state index contributed by atoms with van der Waals surface area (Å²) in [5.74, 6) is -0.400. The fourth-order valence-electron chi connectivity index (χ4n) is 1.57. The molecular weight excluding hydrogens is 244 g/mol. The first-order chi connectivity index (χ1) is 8.87. The van der Waals surface area contributed by atoms with Gasteiger partial charge >= 0.3 is 5.69 Å². The molecule has 1 aromatic carbocycles. The lowest BCUT2D eigenvalue weighted by Crippen LogP contribution is -2.41. The molecule has 0 saturated carbocycles. The highest BCUT2D eigenvalue weighted by Gasteiger charge is 2.19. The van der Waals surface area contributed by atoms with E-state index in [4.69, 9.17) is 0 Å². The number of hydrogen-bond acceptors (Lipinski definition) is 3. The molecule has 0 bridgehead atoms. The fraction of sp³-hybridized carbons (Fsp3) is 0.308. The monoisotopic (exact) mass is 260 g/mol. The van der Waals surface area contributed by atoms with Crippen molar-refractivity contribution in [2.75, 3.05) is 0 Å². The molecule has 6 nitrogen and oxygen atoms in total. The van der Waals surface area contributed by atoms with Gasteiger partial charge in [0.05, 0.1) is 5.69 Å². The van der Waals surface area contributed by atoms with Gasteiger partial charge < -0.3 is 5.32 Å². The number of carbonyl (C=O) groups is 1. The van der Waals surface area contributed by atoms with Crippen molar-refractivity contribution in [3.05, 3.63) is 46.6 Å². The summed E-state index contributed by atoms with van der Waals surface area (Å²) in [4.78, 5) is 26.1. The van der Waals surface area contributed by atoms with Crippen molar-refractivity contribution in [2.45, 2.75) is 26.3 Å². The van der Waals surface area contributed by atoms with E-state index in [1.165, 1.54) is 0 Å². The largest absolute Gasteiger partial charge is 0.348 e. The normalized spacial score (nSPS) is 11.3. The van der Waals surface area contributed by atoms with Crippen LogP contribution in [0.15, 0.2) is 35.1 Å². The second-order valence-corrected chi connectivity index (χ2v) is 5.23. The van der Waals surface area contributed by atoms with E-state index >= 15 is 0 Å². The molecule has 19 heavy (non-hydrogen) atoms. The Bertz CT molecular complexity index is 635. The molecule has 1 aromatic heterocycles. The molecule has 2 aromatic rings. The third-order valence-corrected chi connectivity index (χ3v) is 2.32. The van der Waals surface area contributed by atoms with Gasteiger partial charge in [-0.15, -0.1) is 5.10 Å². The maximum absolute atomic E-state index is 11.9. The highest BCUT2D eigenvalue weighted by Crippen LogP contribution is 2.03. The summed E-state index contributed by atoms with van der Waals surface area (Å²) in [6, 6.07) is 8.92. The molecule has 100 valence electrons. The molecule has 0 spiro atoms. The van der Waals surface area contributed by atoms with Crippen LogP contribution in [0.2, 0.25) is 0 Å². The number of carbonyl (C=O) groups excluding carboxylic acids is 1. The van der Waals surface area contributed by atoms with E-state index in [1.54, 1.807) is 24.3 Å². The van der Waals surface area contributed by atoms with E-state index in [0.29, 0.717) is 5.69 Å². The Hall–Kier alpha value is -2.37. The van der Waals surface area contributed by atoms with Crippen LogP contribution >= 0.6 is 0 Å². The zero-order chi connectivity index (χ0) is 14.0. The van der Waals surface area contributed by atoms with Crippen LogP contribution in [-0.4, -0.2) is 26.2 Å². The Kier molecular flexibility index (Phi) is 3.25. The minimum atomic E-state index is -0.440. The standard InChI is InChI=1S/C13H16N4O2/c1-13(2,3)15-11(18)10-14-12(19)17(16-10)9-7-5-4-6-8-9/h4-8H,1-3H3,(H,15,18)(H,14,16,19). The lowest BCUT2D eigenvalue weighted by molar-refractivity contribution is 0.0909. The van der Waals surface area contributed by atoms with Gasteiger partial charge in [-0.05, 0) is 32.9 Å². The number of benzene rings is 1. The predicted octanol–water partition coefficient (Wildman–Crippen LogP) is 1.09. The van der Waals surface area contributed by atoms with Crippen molar-refractivity contribution in [3.8, 4) is 5.69 Å². The van der Waals surface area contributed by atoms with E-state index < -0.39 is 11.6 Å². The molecule has 0 aliphatic heterocycles. The number of amides is 1. The van der Waals surface area contributed by atoms with Gasteiger partial charge in [0.2, 0.25) is 5.82 Å². The van der Waals surface area contributed by atoms with Crippen molar-refractivity contribution in [2.24, 2.45) is 0 Å². The number of hydrogen-bond donors (Lipinski definition) is 2. The molecule has 6 heteroatoms. The number of aromatic amines is 1. The van der Waals surface area contributed by atoms with Crippen LogP contribution < -0.4 is 11.0 Å². The van der Waals surface area contributed by atoms with Crippen molar-refractivity contribution >= 4 is 5.91 Å². The van der Waals surface area contributed by atoms with E-state index in [1.807, 2.05) is 26.8 Å². The van der Waals surface area contributed by atoms with Gasteiger partial charge in [0, 0.05) is 5.54 Å². The summed E-state index contributed by atoms with van der Waals surface area (Å²) in [5.41, 5.74) is -0.214. The minimum Gasteiger partial charge on any atom is -0.345 e. The number of nitrogens with one attached hydrogen (secondary N) is 2. The molecule has 1 heterocycles. The van der Waals surface area contributed by atoms with E-state index in [2.05, 4.69) is 15.4 Å². The Morgan fingerprint density at radius 1 is 1.26 bits per heavy atom. The lowest BCUT2D eigenvalue weighted by Gasteiger charge is -2.19. The molecule has 0 atom stereocenters. The number of aromatic nitrogens is 3. The number of rotatable bonds is 2. The molecule has 0 aliphatic rings. The number of para-hydroxylation sites is 1. The maximum Gasteiger partial charge on any atom is 0.348 e. The van der Waals surface area contributed by atoms with Crippen LogP contribution in [0.3, 0.4) is 0 Å². The number of nitrogens with zero attached hydrogens (tertiary/aromatic N) is 2. The smallest absolute Gasteiger partial charge is 0.345 e. The van der Waals surface area contributed by atoms with E-state index in [9.17, 15) is 9.59 Å². The van der Waals surface area contributed by atoms with Crippen LogP contribution in [0.4, 0.5) is 0 Å². The van der Waals surface area contributed by atoms with Gasteiger partial charge in [0.1, 0.15) is 0 Å². The SMILES string of the molecule is CC(C)(C)NC(=O)c1nn(-c2ccccc2)c(=O)[nH]1. The Balaban J connectivity index is 2.32. The van der Waals surface area contributed by atoms with Crippen molar-refractivity contribution in [3.63, 3.8) is 0 Å². The van der Waals surface area contributed by atoms with Crippen LogP contribution in [0, 0.1) is 0 Å². The van der Waals surface area contributed by atoms with Crippen molar-refractivity contribution in [1.29, 1.82) is 0 Å². The van der Waals surface area contributed by atoms with Gasteiger partial charge in [0.25, 0.3) is 5.91 Å². The molecule has 2 N–H and O–H groups in total. The molecule has 0 aliphatic carbocycles. The zero-order valence-corrected chi connectivity index (χ0v) is 11.1. The van der Waals surface area contributed by atoms with Gasteiger partial charge in [-0.2, -0.15) is 4.68 Å². The van der Waals surface area contributed by atoms with Gasteiger partial charge in [-0.25, -0.2) is 4.79 Å². The Morgan fingerprint density at radius 2 is 1.89 bits per heavy atom. The topological polar surface area (TPSA) is 79.8 Å². The number of H-pyrrole nitrogens is 1. The summed E-state index contributed by atoms with van der Waals surface area (Å²) >= 11 is 0. The fourth-order valence-corrected chi connectivity index (χ4v) is 1.57. The third-order valence-electron chi connectivity index (χ3n) is 2.32. The molecule has 0 saturated heterocycles. The molecule has 0 fully saturated rings. The first-order valence-corrected chi connectivity index (χ1v) is 5.94. The Morgan fingerprint density at radius 3 is 2.47 bits per heavy atom. The zero-order valence-electron chi connectivity index (χ0n) is 11.1. The average Bonchev–Trinajstić information content (AvgIpc) is 2.70. The summed E-state index contributed by atoms with van der Waals surface area (Å²) in [7, 11) is 0. The van der Waals surface area contributed by atoms with Gasteiger partial charge in [-0.3, -0.25) is 9.78 Å². The second kappa shape index (κ2) is 4.72. The molecule has 1 amide bonds. The Labute approximate surface area is 110 Å². The van der Waals surface area contributed by atoms with Gasteiger partial charge in [0.15, 0.2) is 0 Å². The summed E-state index contributed by atoms with van der Waals surface area (Å²) in [6.45, 7) is 5.57. The van der Waals surface area contributed by atoms with Crippen LogP contribution in [0.25, 0.3) is 5.69 Å². The van der Waals surface area contributed by atoms with E-state index in [-0.39, 0.29) is 11.4 Å². The summed E-state index contributed by atoms with van der Waals surface area (Å²) in [6.07, 6.45) is 0. The lowest BCUT2D eigenvalue weighted by atomic mass is 10.1. The second-order valence-electron chi connectivity index (χ2n) is 5.23. The van der Waals surface area contributed by atoms with Crippen LogP contribution in [0.5, 0.6) is 0 Å². The predicted molar refractivity (Wildman–Crippen MR) is 71.4 cm³/mol. The molecule has 0 radical (unpaired) electrons. The highest BCUT2D eigenvalue weighted by molar-refractivity contribution is 5.90. The quantitative estimate of drug-likeness (QED) is 0.848. The van der Waals surface area contributed by atoms with Crippen molar-refractivity contribution in [1.82, 2.24) is 20.1 Å². The highest BCUT2D eigenvalue weighted by atomic mass is 16.2. The molecule has 0 unspecified atom stereocenters. The van der Waals surface area contributed by atoms with Crippen LogP contribution in [0.1, 0.15) is 31.4 Å². The summed E-state index contributed by atoms with van der Waals surface area (Å²) in [5, 5.41) is 6.74. The average molecular weight is 260 g/mol. The molecule has 2 rings (SSSR count). The maximum atomic E-state index is 11.9. The van der Waals surface area contributed by atoms with Crippen molar-refractivity contribution < 1.29 is 4.79 Å². The molecular formula is C13H16N4O2. The minimum absolute atomic E-state index is 0.00350. The summed E-state index contributed by atoms with van der Waals surface area (Å²) < 4.78 is 1.16. The van der Waals surface area contributed by atoms with Crippen LogP contribution in [-0.2, 0) is 0 Å². The van der Waals surface area contributed by atoms with Gasteiger partial charge in [-0.1, -0.05) is 18.2 Å². The van der Waals surface area contributed by atoms with E-state index in [0.717, 1.165) is 4.68 Å². The first-order valence-electron chi connectivity index (χ1n) is 5.94. The first kappa shape index (κ1) is 13.1.